The van der Waals surface area contributed by atoms with Crippen LogP contribution in [0.25, 0.3) is 17.0 Å². The summed E-state index contributed by atoms with van der Waals surface area (Å²) >= 11 is 5.93. The van der Waals surface area contributed by atoms with Crippen molar-refractivity contribution in [3.8, 4) is 5.82 Å². The molecular weight excluding hydrogens is 252 g/mol. The van der Waals surface area contributed by atoms with Gasteiger partial charge in [0.2, 0.25) is 5.82 Å². The molecule has 6 nitrogen and oxygen atoms in total. The molecule has 0 radical (unpaired) electrons. The minimum Gasteiger partial charge on any atom is -0.338 e. The summed E-state index contributed by atoms with van der Waals surface area (Å²) in [5, 5.41) is 0.195. The van der Waals surface area contributed by atoms with Crippen LogP contribution >= 0.6 is 11.6 Å². The van der Waals surface area contributed by atoms with E-state index in [0.29, 0.717) is 11.5 Å². The number of aromatic amines is 2. The van der Waals surface area contributed by atoms with Crippen molar-refractivity contribution >= 4 is 22.8 Å². The molecule has 0 spiro atoms. The zero-order chi connectivity index (χ0) is 12.5. The second-order valence-corrected chi connectivity index (χ2v) is 4.28. The molecule has 7 heteroatoms. The zero-order valence-electron chi connectivity index (χ0n) is 9.81. The van der Waals surface area contributed by atoms with Crippen LogP contribution in [-0.2, 0) is 6.42 Å². The highest BCUT2D eigenvalue weighted by Crippen LogP contribution is 2.14. The molecule has 0 aliphatic rings. The van der Waals surface area contributed by atoms with Gasteiger partial charge in [0.1, 0.15) is 6.20 Å². The molecule has 0 aromatic carbocycles. The molecule has 3 rings (SSSR count). The van der Waals surface area contributed by atoms with Crippen molar-refractivity contribution in [1.29, 1.82) is 0 Å². The fourth-order valence-corrected chi connectivity index (χ4v) is 2.12. The summed E-state index contributed by atoms with van der Waals surface area (Å²) in [7, 11) is 0. The van der Waals surface area contributed by atoms with Gasteiger partial charge < -0.3 is 4.98 Å². The number of nitrogens with one attached hydrogen (secondary N) is 2. The van der Waals surface area contributed by atoms with E-state index in [0.717, 1.165) is 24.2 Å². The molecular formula is C11H12ClN6+. The highest BCUT2D eigenvalue weighted by atomic mass is 35.5. The third-order valence-electron chi connectivity index (χ3n) is 2.72. The van der Waals surface area contributed by atoms with Crippen LogP contribution in [0.15, 0.2) is 18.7 Å². The summed E-state index contributed by atoms with van der Waals surface area (Å²) < 4.78 is 1.97. The van der Waals surface area contributed by atoms with Crippen LogP contribution in [0.2, 0.25) is 5.28 Å². The topological polar surface area (TPSA) is 74.1 Å². The number of rotatable bonds is 3. The number of imidazole rings is 2. The standard InChI is InChI=1S/C11H11ClN6/c1-2-3-7-13-4-5-18(7)10-8-9(15-6-14-8)16-11(12)17-10/h4-6H,2-3H2,1H3,(H,14,15,16,17)/p+1. The average molecular weight is 264 g/mol. The van der Waals surface area contributed by atoms with Crippen LogP contribution in [0.1, 0.15) is 19.2 Å². The maximum atomic E-state index is 5.93. The Morgan fingerprint density at radius 2 is 2.22 bits per heavy atom. The molecule has 3 aromatic rings. The van der Waals surface area contributed by atoms with Crippen LogP contribution in [0.5, 0.6) is 0 Å². The lowest BCUT2D eigenvalue weighted by Crippen LogP contribution is -2.35. The Morgan fingerprint density at radius 3 is 3.06 bits per heavy atom. The molecule has 0 saturated heterocycles. The van der Waals surface area contributed by atoms with Crippen LogP contribution < -0.4 is 4.57 Å². The lowest BCUT2D eigenvalue weighted by molar-refractivity contribution is -0.605. The van der Waals surface area contributed by atoms with Gasteiger partial charge >= 0.3 is 5.28 Å². The lowest BCUT2D eigenvalue weighted by Gasteiger charge is -1.99. The second kappa shape index (κ2) is 4.38. The van der Waals surface area contributed by atoms with Crippen molar-refractivity contribution < 1.29 is 4.57 Å². The van der Waals surface area contributed by atoms with E-state index in [9.17, 15) is 0 Å². The molecule has 0 aliphatic heterocycles. The van der Waals surface area contributed by atoms with Crippen molar-refractivity contribution in [2.75, 3.05) is 0 Å². The molecule has 0 unspecified atom stereocenters. The Kier molecular flexibility index (Phi) is 2.71. The van der Waals surface area contributed by atoms with Crippen molar-refractivity contribution in [1.82, 2.24) is 24.9 Å². The fourth-order valence-electron chi connectivity index (χ4n) is 1.96. The number of fused-ring (bicyclic) bond motifs is 1. The first-order valence-corrected chi connectivity index (χ1v) is 6.12. The van der Waals surface area contributed by atoms with E-state index in [1.807, 2.05) is 17.0 Å². The predicted molar refractivity (Wildman–Crippen MR) is 66.6 cm³/mol. The summed E-state index contributed by atoms with van der Waals surface area (Å²) in [6.07, 6.45) is 7.37. The normalized spacial score (nSPS) is 11.2. The molecule has 3 heterocycles. The summed E-state index contributed by atoms with van der Waals surface area (Å²) in [5.41, 5.74) is 1.35. The fraction of sp³-hybridized carbons (Fsp3) is 0.273. The average Bonchev–Trinajstić information content (AvgIpc) is 2.96. The first-order valence-electron chi connectivity index (χ1n) is 5.74. The van der Waals surface area contributed by atoms with Gasteiger partial charge in [-0.05, 0) is 18.0 Å². The number of hydrogen-bond acceptors (Lipinski definition) is 3. The van der Waals surface area contributed by atoms with Gasteiger partial charge in [0, 0.05) is 6.42 Å². The van der Waals surface area contributed by atoms with Crippen LogP contribution in [0.3, 0.4) is 0 Å². The minimum absolute atomic E-state index is 0.195. The highest BCUT2D eigenvalue weighted by Gasteiger charge is 2.20. The Hall–Kier alpha value is -1.95. The number of halogens is 1. The van der Waals surface area contributed by atoms with E-state index in [1.165, 1.54) is 0 Å². The van der Waals surface area contributed by atoms with Crippen molar-refractivity contribution in [3.05, 3.63) is 29.8 Å². The first-order chi connectivity index (χ1) is 8.79. The Labute approximate surface area is 108 Å². The van der Waals surface area contributed by atoms with Gasteiger partial charge in [-0.3, -0.25) is 4.98 Å². The van der Waals surface area contributed by atoms with Crippen LogP contribution in [0, 0.1) is 0 Å². The quantitative estimate of drug-likeness (QED) is 0.556. The smallest absolute Gasteiger partial charge is 0.301 e. The van der Waals surface area contributed by atoms with Gasteiger partial charge in [0.15, 0.2) is 11.2 Å². The summed E-state index contributed by atoms with van der Waals surface area (Å²) in [6, 6.07) is 0. The van der Waals surface area contributed by atoms with Crippen LogP contribution in [0.4, 0.5) is 0 Å². The van der Waals surface area contributed by atoms with Crippen molar-refractivity contribution in [3.63, 3.8) is 0 Å². The van der Waals surface area contributed by atoms with E-state index in [2.05, 4.69) is 31.8 Å². The monoisotopic (exact) mass is 263 g/mol. The van der Waals surface area contributed by atoms with E-state index in [-0.39, 0.29) is 5.28 Å². The molecule has 0 atom stereocenters. The van der Waals surface area contributed by atoms with E-state index in [4.69, 9.17) is 11.6 Å². The Balaban J connectivity index is 2.24. The molecule has 0 amide bonds. The number of H-pyrrole nitrogens is 2. The molecule has 18 heavy (non-hydrogen) atoms. The summed E-state index contributed by atoms with van der Waals surface area (Å²) in [4.78, 5) is 18.7. The number of aromatic nitrogens is 6. The number of nitrogens with zero attached hydrogens (tertiary/aromatic N) is 4. The number of hydrogen-bond donors (Lipinski definition) is 2. The molecule has 0 fully saturated rings. The number of aryl methyl sites for hydroxylation is 1. The minimum atomic E-state index is 0.195. The summed E-state index contributed by atoms with van der Waals surface area (Å²) in [6.45, 7) is 2.13. The first kappa shape index (κ1) is 11.2. The van der Waals surface area contributed by atoms with Crippen molar-refractivity contribution in [2.24, 2.45) is 0 Å². The van der Waals surface area contributed by atoms with Gasteiger partial charge in [-0.1, -0.05) is 11.9 Å². The van der Waals surface area contributed by atoms with E-state index in [1.54, 1.807) is 6.33 Å². The predicted octanol–water partition coefficient (Wildman–Crippen LogP) is 1.56. The molecule has 92 valence electrons. The van der Waals surface area contributed by atoms with E-state index < -0.39 is 0 Å². The third-order valence-corrected chi connectivity index (χ3v) is 2.89. The van der Waals surface area contributed by atoms with Gasteiger partial charge in [0.05, 0.1) is 12.5 Å². The van der Waals surface area contributed by atoms with Crippen LogP contribution in [-0.4, -0.2) is 24.9 Å². The Bertz CT molecular complexity index is 686. The maximum Gasteiger partial charge on any atom is 0.301 e. The maximum absolute atomic E-state index is 5.93. The molecule has 0 bridgehead atoms. The molecule has 0 aliphatic carbocycles. The van der Waals surface area contributed by atoms with Gasteiger partial charge in [-0.25, -0.2) is 9.55 Å². The van der Waals surface area contributed by atoms with Gasteiger partial charge in [-0.15, -0.1) is 0 Å². The molecule has 3 aromatic heterocycles. The Morgan fingerprint density at radius 1 is 1.33 bits per heavy atom. The molecule has 0 saturated carbocycles. The highest BCUT2D eigenvalue weighted by molar-refractivity contribution is 6.28. The van der Waals surface area contributed by atoms with E-state index >= 15 is 0 Å². The third kappa shape index (κ3) is 1.74. The zero-order valence-corrected chi connectivity index (χ0v) is 10.6. The van der Waals surface area contributed by atoms with Gasteiger partial charge in [0.25, 0.3) is 5.82 Å². The summed E-state index contributed by atoms with van der Waals surface area (Å²) in [5.74, 6) is 1.79. The lowest BCUT2D eigenvalue weighted by atomic mass is 10.3. The largest absolute Gasteiger partial charge is 0.338 e. The molecule has 2 N–H and O–H groups in total. The van der Waals surface area contributed by atoms with Gasteiger partial charge in [-0.2, -0.15) is 4.98 Å². The second-order valence-electron chi connectivity index (χ2n) is 3.94. The SMILES string of the molecule is CCCc1[nH]cc[n+]1-c1nc(Cl)nc2nc[nH]c12. The van der Waals surface area contributed by atoms with Crippen molar-refractivity contribution in [2.45, 2.75) is 19.8 Å².